The summed E-state index contributed by atoms with van der Waals surface area (Å²) in [6.45, 7) is 5.15. The van der Waals surface area contributed by atoms with Gasteiger partial charge in [0.2, 0.25) is 0 Å². The molecule has 0 saturated carbocycles. The molecule has 0 aliphatic carbocycles. The third-order valence-corrected chi connectivity index (χ3v) is 4.78. The molecular weight excluding hydrogens is 334 g/mol. The smallest absolute Gasteiger partial charge is 0.318 e. The van der Waals surface area contributed by atoms with Crippen LogP contribution in [-0.2, 0) is 16.1 Å². The number of likely N-dealkylation sites (N-methyl/N-ethyl adjacent to an activating group) is 1. The van der Waals surface area contributed by atoms with Crippen LogP contribution in [0, 0.1) is 0 Å². The number of aromatic nitrogens is 2. The SMILES string of the molecule is CCn1nccc1N1CCCC(NC(=O)N(C)CC2=CCCOC2)C1=O. The second-order valence-electron chi connectivity index (χ2n) is 6.70. The highest BCUT2D eigenvalue weighted by molar-refractivity contribution is 5.99. The molecule has 1 unspecified atom stereocenters. The minimum absolute atomic E-state index is 0.0755. The number of rotatable bonds is 5. The molecule has 1 N–H and O–H groups in total. The molecule has 2 aliphatic heterocycles. The van der Waals surface area contributed by atoms with Gasteiger partial charge in [-0.2, -0.15) is 5.10 Å². The van der Waals surface area contributed by atoms with E-state index >= 15 is 0 Å². The molecule has 0 radical (unpaired) electrons. The van der Waals surface area contributed by atoms with Crippen molar-refractivity contribution < 1.29 is 14.3 Å². The number of amides is 3. The van der Waals surface area contributed by atoms with E-state index in [2.05, 4.69) is 16.5 Å². The van der Waals surface area contributed by atoms with Crippen molar-refractivity contribution in [1.82, 2.24) is 20.0 Å². The van der Waals surface area contributed by atoms with Crippen LogP contribution in [-0.4, -0.2) is 66.0 Å². The first kappa shape index (κ1) is 18.4. The maximum atomic E-state index is 12.9. The van der Waals surface area contributed by atoms with Gasteiger partial charge in [0.1, 0.15) is 11.9 Å². The second kappa shape index (κ2) is 8.35. The fourth-order valence-corrected chi connectivity index (χ4v) is 3.39. The number of nitrogens with one attached hydrogen (secondary N) is 1. The van der Waals surface area contributed by atoms with Gasteiger partial charge in [-0.25, -0.2) is 9.48 Å². The van der Waals surface area contributed by atoms with Gasteiger partial charge in [-0.1, -0.05) is 6.08 Å². The minimum atomic E-state index is -0.504. The highest BCUT2D eigenvalue weighted by Gasteiger charge is 2.32. The van der Waals surface area contributed by atoms with E-state index in [9.17, 15) is 9.59 Å². The average Bonchev–Trinajstić information content (AvgIpc) is 3.12. The number of carbonyl (C=O) groups excluding carboxylic acids is 2. The first-order chi connectivity index (χ1) is 12.6. The van der Waals surface area contributed by atoms with Gasteiger partial charge in [0.15, 0.2) is 0 Å². The molecular formula is C18H27N5O3. The van der Waals surface area contributed by atoms with Crippen molar-refractivity contribution >= 4 is 17.8 Å². The summed E-state index contributed by atoms with van der Waals surface area (Å²) in [5.41, 5.74) is 1.09. The Bertz CT molecular complexity index is 684. The van der Waals surface area contributed by atoms with Crippen LogP contribution in [0.25, 0.3) is 0 Å². The van der Waals surface area contributed by atoms with Gasteiger partial charge < -0.3 is 15.0 Å². The van der Waals surface area contributed by atoms with Gasteiger partial charge in [0, 0.05) is 32.7 Å². The Morgan fingerprint density at radius 3 is 3.08 bits per heavy atom. The van der Waals surface area contributed by atoms with E-state index < -0.39 is 6.04 Å². The highest BCUT2D eigenvalue weighted by atomic mass is 16.5. The van der Waals surface area contributed by atoms with Crippen LogP contribution in [0.3, 0.4) is 0 Å². The normalized spacial score (nSPS) is 20.7. The molecule has 1 fully saturated rings. The van der Waals surface area contributed by atoms with E-state index in [-0.39, 0.29) is 11.9 Å². The molecule has 1 saturated heterocycles. The number of urea groups is 1. The van der Waals surface area contributed by atoms with E-state index in [1.807, 2.05) is 13.0 Å². The van der Waals surface area contributed by atoms with Crippen LogP contribution in [0.2, 0.25) is 0 Å². The molecule has 0 spiro atoms. The van der Waals surface area contributed by atoms with Crippen molar-refractivity contribution in [3.8, 4) is 0 Å². The van der Waals surface area contributed by atoms with Crippen LogP contribution in [0.5, 0.6) is 0 Å². The largest absolute Gasteiger partial charge is 0.377 e. The summed E-state index contributed by atoms with van der Waals surface area (Å²) in [6, 6.07) is 1.10. The lowest BCUT2D eigenvalue weighted by molar-refractivity contribution is -0.121. The summed E-state index contributed by atoms with van der Waals surface area (Å²) in [5, 5.41) is 7.12. The van der Waals surface area contributed by atoms with Gasteiger partial charge in [0.25, 0.3) is 5.91 Å². The fraction of sp³-hybridized carbons (Fsp3) is 0.611. The van der Waals surface area contributed by atoms with Crippen LogP contribution < -0.4 is 10.2 Å². The molecule has 8 heteroatoms. The van der Waals surface area contributed by atoms with Crippen LogP contribution in [0.1, 0.15) is 26.2 Å². The van der Waals surface area contributed by atoms with E-state index in [4.69, 9.17) is 4.74 Å². The number of piperidine rings is 1. The Balaban J connectivity index is 1.60. The molecule has 1 aromatic heterocycles. The molecule has 142 valence electrons. The first-order valence-corrected chi connectivity index (χ1v) is 9.20. The molecule has 3 amide bonds. The number of hydrogen-bond donors (Lipinski definition) is 1. The van der Waals surface area contributed by atoms with Crippen molar-refractivity contribution in [2.45, 2.75) is 38.8 Å². The van der Waals surface area contributed by atoms with Crippen molar-refractivity contribution in [3.63, 3.8) is 0 Å². The predicted octanol–water partition coefficient (Wildman–Crippen LogP) is 1.39. The van der Waals surface area contributed by atoms with E-state index in [0.29, 0.717) is 32.7 Å². The quantitative estimate of drug-likeness (QED) is 0.804. The zero-order valence-electron chi connectivity index (χ0n) is 15.5. The highest BCUT2D eigenvalue weighted by Crippen LogP contribution is 2.21. The Hall–Kier alpha value is -2.35. The Kier molecular flexibility index (Phi) is 5.92. The third kappa shape index (κ3) is 4.07. The Morgan fingerprint density at radius 2 is 2.35 bits per heavy atom. The van der Waals surface area contributed by atoms with Gasteiger partial charge in [-0.15, -0.1) is 0 Å². The topological polar surface area (TPSA) is 79.7 Å². The zero-order valence-corrected chi connectivity index (χ0v) is 15.5. The lowest BCUT2D eigenvalue weighted by Gasteiger charge is -2.33. The Labute approximate surface area is 153 Å². The molecule has 3 rings (SSSR count). The van der Waals surface area contributed by atoms with Crippen LogP contribution in [0.4, 0.5) is 10.6 Å². The molecule has 8 nitrogen and oxygen atoms in total. The summed E-state index contributed by atoms with van der Waals surface area (Å²) in [6.07, 6.45) is 6.19. The van der Waals surface area contributed by atoms with Crippen LogP contribution >= 0.6 is 0 Å². The van der Waals surface area contributed by atoms with Gasteiger partial charge in [-0.3, -0.25) is 9.69 Å². The van der Waals surface area contributed by atoms with Gasteiger partial charge in [0.05, 0.1) is 19.4 Å². The number of hydrogen-bond acceptors (Lipinski definition) is 4. The maximum absolute atomic E-state index is 12.9. The molecule has 3 heterocycles. The molecule has 1 atom stereocenters. The summed E-state index contributed by atoms with van der Waals surface area (Å²) in [7, 11) is 1.74. The number of ether oxygens (including phenoxy) is 1. The lowest BCUT2D eigenvalue weighted by atomic mass is 10.0. The van der Waals surface area contributed by atoms with Crippen molar-refractivity contribution in [2.75, 3.05) is 38.3 Å². The lowest BCUT2D eigenvalue weighted by Crippen LogP contribution is -2.55. The Morgan fingerprint density at radius 1 is 1.50 bits per heavy atom. The van der Waals surface area contributed by atoms with E-state index in [1.165, 1.54) is 0 Å². The molecule has 2 aliphatic rings. The first-order valence-electron chi connectivity index (χ1n) is 9.20. The summed E-state index contributed by atoms with van der Waals surface area (Å²) in [5.74, 6) is 0.711. The minimum Gasteiger partial charge on any atom is -0.377 e. The van der Waals surface area contributed by atoms with E-state index in [1.54, 1.807) is 27.7 Å². The van der Waals surface area contributed by atoms with Gasteiger partial charge in [-0.05, 0) is 31.8 Å². The summed E-state index contributed by atoms with van der Waals surface area (Å²) >= 11 is 0. The van der Waals surface area contributed by atoms with Crippen molar-refractivity contribution in [3.05, 3.63) is 23.9 Å². The monoisotopic (exact) mass is 361 g/mol. The average molecular weight is 361 g/mol. The fourth-order valence-electron chi connectivity index (χ4n) is 3.39. The maximum Gasteiger partial charge on any atom is 0.318 e. The van der Waals surface area contributed by atoms with Crippen molar-refractivity contribution in [2.24, 2.45) is 0 Å². The van der Waals surface area contributed by atoms with Crippen LogP contribution in [0.15, 0.2) is 23.9 Å². The van der Waals surface area contributed by atoms with Gasteiger partial charge >= 0.3 is 6.03 Å². The zero-order chi connectivity index (χ0) is 18.5. The molecule has 0 aromatic carbocycles. The number of aryl methyl sites for hydroxylation is 1. The molecule has 0 bridgehead atoms. The number of nitrogens with zero attached hydrogens (tertiary/aromatic N) is 4. The number of anilines is 1. The second-order valence-corrected chi connectivity index (χ2v) is 6.70. The predicted molar refractivity (Wildman–Crippen MR) is 98.0 cm³/mol. The molecule has 26 heavy (non-hydrogen) atoms. The standard InChI is InChI=1S/C18H27N5O3/c1-3-23-16(8-9-19-23)22-10-4-7-15(17(22)24)20-18(25)21(2)12-14-6-5-11-26-13-14/h6,8-9,15H,3-5,7,10-13H2,1-2H3,(H,20,25). The summed E-state index contributed by atoms with van der Waals surface area (Å²) < 4.78 is 7.21. The summed E-state index contributed by atoms with van der Waals surface area (Å²) in [4.78, 5) is 28.7. The third-order valence-electron chi connectivity index (χ3n) is 4.78. The van der Waals surface area contributed by atoms with E-state index in [0.717, 1.165) is 30.8 Å². The number of carbonyl (C=O) groups is 2. The van der Waals surface area contributed by atoms with Crippen molar-refractivity contribution in [1.29, 1.82) is 0 Å². The molecule has 1 aromatic rings.